The maximum absolute atomic E-state index is 16.2. The van der Waals surface area contributed by atoms with Crippen LogP contribution in [0.25, 0.3) is 49.3 Å². The van der Waals surface area contributed by atoms with Gasteiger partial charge in [0, 0.05) is 79.3 Å². The maximum Gasteiger partial charge on any atom is 0.358 e. The number of fused-ring (bicyclic) bond motifs is 15. The number of amides is 6. The van der Waals surface area contributed by atoms with Crippen LogP contribution in [0.3, 0.4) is 0 Å². The summed E-state index contributed by atoms with van der Waals surface area (Å²) in [4.78, 5) is 146. The SMILES string of the molecule is C=C(NC(=O)c1csc(-c2nc3c(cc2OC2OC(C)C(OC)C(OC)C2O)-c2nc(cs2)C(=O)NC(C(C)O)C(=O)N/C(=C(\C)OC)c2nc(cs2)C(=O)NC2c4nc(c(OC5OC(C)C(OC6CC(O)C(OC7CC(O)C(O)C(C)O7)C(C)O6)C(OC)C5OC)s4)C(=O)NC(COC(=O)c4c5c6c(cccc6n4O)COC(=O)C(O)C2OC5)c2nc-3cs2)n1)C(N)=O. The van der Waals surface area contributed by atoms with E-state index in [1.54, 1.807) is 27.7 Å². The number of hydrogen-bond donors (Lipinski definition) is 13. The lowest BCUT2D eigenvalue weighted by Crippen LogP contribution is -2.62. The molecule has 7 aliphatic heterocycles. The van der Waals surface area contributed by atoms with Crippen LogP contribution in [0.4, 0.5) is 0 Å². The van der Waals surface area contributed by atoms with Gasteiger partial charge in [0.2, 0.25) is 23.6 Å². The second-order valence-electron chi connectivity index (χ2n) is 30.9. The standard InChI is InChI=1S/C80H91N13O31S5/c1-26(65(81)100)82-66(101)38-24-128-74(87-38)51-44(121-78-57(99)62(111-10)59(110-9)31(6)119-78)16-34-50(88-51)37-22-126-72(84-37)36-21-116-76(106)54-35-20-114-61(56(98)77(107)115-19-33-14-13-15-41(47(33)35)93(54)108)52(91-68(103)40-25-127-73(86-40)49(28(3)109-8)90-69(104)48(27(2)94)89-67(102)39-23-125-71(34)85-39)75-92-53(70(105)83-36)80(129-75)124-79-64(113-12)63(112-11)60(32(7)120-79)123-46-18-43(96)58(30(5)118-46)122-45-17-42(95)55(97)29(4)117-45/h13-16,22-25,27,29-32,36,42-43,45-46,48,52,55-64,78-79,94-99,108H,1,17-21H2,2-12H3,(H2,81,100)(H,82,101)(H,83,105)(H,89,102)(H,90,104)(H,91,103)/b49-28+. The van der Waals surface area contributed by atoms with E-state index in [2.05, 4.69) is 43.1 Å². The van der Waals surface area contributed by atoms with Crippen molar-refractivity contribution in [2.24, 2.45) is 5.73 Å². The van der Waals surface area contributed by atoms with E-state index >= 15 is 14.4 Å². The number of primary amides is 1. The average Bonchev–Trinajstić information content (AvgIpc) is 1.71. The topological polar surface area (TPSA) is 594 Å². The fourth-order valence-corrected chi connectivity index (χ4v) is 20.1. The molecule has 129 heavy (non-hydrogen) atoms. The van der Waals surface area contributed by atoms with Crippen LogP contribution in [0.1, 0.15) is 145 Å². The van der Waals surface area contributed by atoms with Gasteiger partial charge in [-0.25, -0.2) is 39.5 Å². The Bertz CT molecular complexity index is 5600. The number of nitrogens with two attached hydrogens (primary N) is 1. The van der Waals surface area contributed by atoms with Gasteiger partial charge in [-0.15, -0.1) is 45.3 Å². The van der Waals surface area contributed by atoms with Crippen LogP contribution in [-0.4, -0.2) is 295 Å². The lowest BCUT2D eigenvalue weighted by Gasteiger charge is -2.46. The number of methoxy groups -OCH3 is 5. The van der Waals surface area contributed by atoms with E-state index in [-0.39, 0.29) is 111 Å². The van der Waals surface area contributed by atoms with Crippen LogP contribution in [0.2, 0.25) is 0 Å². The Morgan fingerprint density at radius 2 is 1.30 bits per heavy atom. The third kappa shape index (κ3) is 18.9. The van der Waals surface area contributed by atoms with E-state index in [1.165, 1.54) is 95.2 Å². The number of thiazole rings is 5. The molecule has 692 valence electrons. The molecule has 12 bridgehead atoms. The first-order valence-electron chi connectivity index (χ1n) is 40.1. The van der Waals surface area contributed by atoms with Crippen LogP contribution in [0.15, 0.2) is 63.8 Å². The van der Waals surface area contributed by atoms with Crippen molar-refractivity contribution in [3.63, 3.8) is 0 Å². The van der Waals surface area contributed by atoms with Crippen molar-refractivity contribution < 1.29 is 150 Å². The predicted octanol–water partition coefficient (Wildman–Crippen LogP) is 2.14. The highest BCUT2D eigenvalue weighted by atomic mass is 32.1. The first-order valence-corrected chi connectivity index (χ1v) is 44.4. The summed E-state index contributed by atoms with van der Waals surface area (Å²) in [7, 11) is 6.65. The second-order valence-corrected chi connectivity index (χ2v) is 35.3. The molecule has 4 saturated heterocycles. The number of nitrogens with one attached hydrogen (secondary N) is 5. The zero-order valence-electron chi connectivity index (χ0n) is 70.4. The molecule has 49 heteroatoms. The average molecular weight is 1890 g/mol. The number of aliphatic hydroxyl groups excluding tert-OH is 6. The molecule has 15 rings (SSSR count). The minimum Gasteiger partial charge on any atom is -0.499 e. The molecule has 0 saturated carbocycles. The molecule has 24 unspecified atom stereocenters. The van der Waals surface area contributed by atoms with Crippen molar-refractivity contribution in [1.82, 2.24) is 61.2 Å². The number of carbonyl (C=O) groups is 8. The van der Waals surface area contributed by atoms with Gasteiger partial charge < -0.3 is 144 Å². The molecule has 6 amide bonds. The molecule has 7 aliphatic rings. The summed E-state index contributed by atoms with van der Waals surface area (Å²) in [6, 6.07) is 0.458. The Morgan fingerprint density at radius 3 is 1.99 bits per heavy atom. The van der Waals surface area contributed by atoms with E-state index < -0.39 is 242 Å². The molecule has 14 N–H and O–H groups in total. The summed E-state index contributed by atoms with van der Waals surface area (Å²) >= 11 is 3.90. The van der Waals surface area contributed by atoms with Crippen molar-refractivity contribution >= 4 is 121 Å². The number of pyridine rings is 1. The lowest BCUT2D eigenvalue weighted by molar-refractivity contribution is -0.342. The second kappa shape index (κ2) is 39.1. The smallest absolute Gasteiger partial charge is 0.358 e. The van der Waals surface area contributed by atoms with Crippen molar-refractivity contribution in [3.8, 4) is 43.5 Å². The number of allylic oxidation sites excluding steroid dienone is 1. The molecule has 14 heterocycles. The van der Waals surface area contributed by atoms with Crippen LogP contribution in [-0.2, 0) is 93.9 Å². The fraction of sp³-hybridized carbons (Fsp3) is 0.500. The van der Waals surface area contributed by atoms with Gasteiger partial charge in [0.1, 0.15) is 157 Å². The quantitative estimate of drug-likeness (QED) is 0.0253. The van der Waals surface area contributed by atoms with Crippen LogP contribution >= 0.6 is 56.7 Å². The van der Waals surface area contributed by atoms with Crippen molar-refractivity contribution in [2.45, 2.75) is 215 Å². The molecule has 0 radical (unpaired) electrons. The van der Waals surface area contributed by atoms with Crippen molar-refractivity contribution in [2.75, 3.05) is 42.2 Å². The molecular formula is C80H91N13O31S5. The normalized spacial score (nSPS) is 30.7. The molecule has 7 aromatic heterocycles. The Kier molecular flexibility index (Phi) is 28.3. The number of rotatable bonds is 18. The highest BCUT2D eigenvalue weighted by Crippen LogP contribution is 2.46. The maximum atomic E-state index is 16.2. The molecule has 24 atom stereocenters. The van der Waals surface area contributed by atoms with Gasteiger partial charge in [0.15, 0.2) is 35.8 Å². The van der Waals surface area contributed by atoms with Crippen LogP contribution in [0.5, 0.6) is 10.8 Å². The number of cyclic esters (lactones) is 2. The minimum absolute atomic E-state index is 0.0133. The van der Waals surface area contributed by atoms with Crippen LogP contribution in [0, 0.1) is 0 Å². The van der Waals surface area contributed by atoms with Crippen molar-refractivity contribution in [3.05, 3.63) is 118 Å². The van der Waals surface area contributed by atoms with Crippen LogP contribution < -0.4 is 41.8 Å². The summed E-state index contributed by atoms with van der Waals surface area (Å²) in [5, 5.41) is 98.4. The van der Waals surface area contributed by atoms with Gasteiger partial charge in [-0.05, 0) is 59.2 Å². The minimum atomic E-state index is -2.42. The Labute approximate surface area is 752 Å². The number of hydrogen-bond acceptors (Lipinski definition) is 42. The summed E-state index contributed by atoms with van der Waals surface area (Å²) in [6.45, 7) is 10.4. The van der Waals surface area contributed by atoms with E-state index in [0.29, 0.717) is 16.1 Å². The molecule has 0 spiro atoms. The van der Waals surface area contributed by atoms with Crippen molar-refractivity contribution in [1.29, 1.82) is 0 Å². The zero-order valence-corrected chi connectivity index (χ0v) is 74.5. The van der Waals surface area contributed by atoms with Gasteiger partial charge in [-0.3, -0.25) is 28.8 Å². The largest absolute Gasteiger partial charge is 0.499 e. The molecule has 1 aromatic carbocycles. The Morgan fingerprint density at radius 1 is 0.651 bits per heavy atom. The number of benzene rings is 1. The number of nitrogens with zero attached hydrogens (tertiary/aromatic N) is 7. The van der Waals surface area contributed by atoms with Gasteiger partial charge >= 0.3 is 11.9 Å². The third-order valence-corrected chi connectivity index (χ3v) is 27.1. The summed E-state index contributed by atoms with van der Waals surface area (Å²) in [5.74, 6) is -9.17. The molecule has 0 aliphatic carbocycles. The Hall–Kier alpha value is -10.2. The zero-order chi connectivity index (χ0) is 92.2. The summed E-state index contributed by atoms with van der Waals surface area (Å²) in [5.41, 5.74) is 2.16. The van der Waals surface area contributed by atoms with E-state index in [1.807, 2.05) is 0 Å². The predicted molar refractivity (Wildman–Crippen MR) is 447 cm³/mol. The Balaban J connectivity index is 0.897. The van der Waals surface area contributed by atoms with Gasteiger partial charge in [-0.2, -0.15) is 4.73 Å². The van der Waals surface area contributed by atoms with E-state index in [9.17, 15) is 59.8 Å². The van der Waals surface area contributed by atoms with Gasteiger partial charge in [0.05, 0.1) is 67.7 Å². The summed E-state index contributed by atoms with van der Waals surface area (Å²) in [6.07, 6.45) is -27.1. The van der Waals surface area contributed by atoms with Gasteiger partial charge in [0.25, 0.3) is 29.5 Å². The number of carbonyl (C=O) groups excluding carboxylic acids is 8. The monoisotopic (exact) mass is 1890 g/mol. The fourth-order valence-electron chi connectivity index (χ4n) is 15.7. The van der Waals surface area contributed by atoms with Gasteiger partial charge in [-0.1, -0.05) is 30.0 Å². The highest BCUT2D eigenvalue weighted by Gasteiger charge is 2.53. The third-order valence-electron chi connectivity index (χ3n) is 22.5. The molecule has 8 aromatic rings. The number of ether oxygens (including phenoxy) is 16. The van der Waals surface area contributed by atoms with E-state index in [4.69, 9.17) is 101 Å². The molecule has 4 fully saturated rings. The molecule has 44 nitrogen and oxygen atoms in total. The molecular weight excluding hydrogens is 1800 g/mol. The number of aliphatic hydroxyl groups is 6. The number of esters is 2. The lowest BCUT2D eigenvalue weighted by atomic mass is 9.98. The summed E-state index contributed by atoms with van der Waals surface area (Å²) < 4.78 is 99.8. The first-order chi connectivity index (χ1) is 61.7. The highest BCUT2D eigenvalue weighted by molar-refractivity contribution is 7.14. The van der Waals surface area contributed by atoms with E-state index in [0.717, 1.165) is 45.3 Å². The first kappa shape index (κ1) is 93.5. The number of aromatic nitrogens is 7.